The molecule has 0 amide bonds. The number of methoxy groups -OCH3 is 1. The second kappa shape index (κ2) is 7.22. The van der Waals surface area contributed by atoms with Gasteiger partial charge < -0.3 is 10.1 Å². The monoisotopic (exact) mass is 289 g/mol. The Morgan fingerprint density at radius 3 is 2.67 bits per heavy atom. The zero-order valence-electron chi connectivity index (χ0n) is 11.2. The van der Waals surface area contributed by atoms with Crippen LogP contribution in [-0.4, -0.2) is 18.5 Å². The second-order valence-corrected chi connectivity index (χ2v) is 5.48. The number of ether oxygens (including phenoxy) is 1. The molecule has 18 heavy (non-hydrogen) atoms. The minimum atomic E-state index is 0.0507. The average molecular weight is 290 g/mol. The summed E-state index contributed by atoms with van der Waals surface area (Å²) in [4.78, 5) is 0. The van der Waals surface area contributed by atoms with Crippen molar-refractivity contribution >= 4 is 23.2 Å². The Morgan fingerprint density at radius 1 is 1.39 bits per heavy atom. The molecule has 1 rings (SSSR count). The lowest BCUT2D eigenvalue weighted by molar-refractivity contribution is 0.326. The lowest BCUT2D eigenvalue weighted by Gasteiger charge is -2.29. The van der Waals surface area contributed by atoms with E-state index in [2.05, 4.69) is 19.2 Å². The van der Waals surface area contributed by atoms with Crippen LogP contribution in [0, 0.1) is 0 Å². The highest BCUT2D eigenvalue weighted by Crippen LogP contribution is 2.24. The first-order valence-electron chi connectivity index (χ1n) is 6.18. The Labute approximate surface area is 120 Å². The van der Waals surface area contributed by atoms with Crippen molar-refractivity contribution in [2.45, 2.75) is 38.8 Å². The molecule has 0 aromatic heterocycles. The van der Waals surface area contributed by atoms with Gasteiger partial charge in [-0.25, -0.2) is 0 Å². The topological polar surface area (TPSA) is 21.3 Å². The predicted octanol–water partition coefficient (Wildman–Crippen LogP) is 4.24. The zero-order chi connectivity index (χ0) is 13.6. The molecular weight excluding hydrogens is 269 g/mol. The molecule has 1 atom stereocenters. The van der Waals surface area contributed by atoms with Crippen LogP contribution in [0.2, 0.25) is 5.02 Å². The largest absolute Gasteiger partial charge is 0.496 e. The van der Waals surface area contributed by atoms with Crippen LogP contribution in [0.3, 0.4) is 0 Å². The van der Waals surface area contributed by atoms with Gasteiger partial charge >= 0.3 is 0 Å². The third-order valence-electron chi connectivity index (χ3n) is 3.37. The maximum absolute atomic E-state index is 6.01. The maximum atomic E-state index is 6.01. The molecule has 0 aliphatic heterocycles. The third-order valence-corrected chi connectivity index (χ3v) is 3.80. The smallest absolute Gasteiger partial charge is 0.123 e. The molecule has 0 fully saturated rings. The molecule has 0 heterocycles. The summed E-state index contributed by atoms with van der Waals surface area (Å²) in [5, 5.41) is 4.27. The van der Waals surface area contributed by atoms with E-state index in [-0.39, 0.29) is 5.54 Å². The van der Waals surface area contributed by atoms with E-state index in [0.29, 0.717) is 5.88 Å². The van der Waals surface area contributed by atoms with Gasteiger partial charge in [-0.3, -0.25) is 0 Å². The van der Waals surface area contributed by atoms with Gasteiger partial charge in [0.25, 0.3) is 0 Å². The number of hydrogen-bond acceptors (Lipinski definition) is 2. The number of rotatable bonds is 7. The third kappa shape index (κ3) is 4.34. The molecule has 0 aliphatic carbocycles. The van der Waals surface area contributed by atoms with E-state index in [1.807, 2.05) is 18.2 Å². The Balaban J connectivity index is 2.75. The van der Waals surface area contributed by atoms with E-state index in [1.54, 1.807) is 7.11 Å². The van der Waals surface area contributed by atoms with Crippen molar-refractivity contribution in [2.24, 2.45) is 0 Å². The van der Waals surface area contributed by atoms with Crippen LogP contribution >= 0.6 is 23.2 Å². The molecule has 1 aromatic carbocycles. The maximum Gasteiger partial charge on any atom is 0.123 e. The van der Waals surface area contributed by atoms with Gasteiger partial charge in [0, 0.05) is 28.5 Å². The van der Waals surface area contributed by atoms with E-state index in [1.165, 1.54) is 0 Å². The molecule has 1 N–H and O–H groups in total. The van der Waals surface area contributed by atoms with Gasteiger partial charge in [0.15, 0.2) is 0 Å². The summed E-state index contributed by atoms with van der Waals surface area (Å²) in [7, 11) is 1.67. The van der Waals surface area contributed by atoms with Gasteiger partial charge in [-0.15, -0.1) is 11.6 Å². The van der Waals surface area contributed by atoms with Crippen LogP contribution in [0.5, 0.6) is 5.75 Å². The van der Waals surface area contributed by atoms with E-state index in [0.717, 1.165) is 35.7 Å². The summed E-state index contributed by atoms with van der Waals surface area (Å²) < 4.78 is 5.33. The fourth-order valence-corrected chi connectivity index (χ4v) is 2.40. The number of nitrogens with one attached hydrogen (secondary N) is 1. The summed E-state index contributed by atoms with van der Waals surface area (Å²) in [5.41, 5.74) is 1.12. The summed E-state index contributed by atoms with van der Waals surface area (Å²) in [6, 6.07) is 5.66. The fraction of sp³-hybridized carbons (Fsp3) is 0.571. The molecule has 0 aliphatic rings. The molecule has 0 saturated heterocycles. The first kappa shape index (κ1) is 15.6. The highest BCUT2D eigenvalue weighted by atomic mass is 35.5. The second-order valence-electron chi connectivity index (χ2n) is 4.66. The number of hydrogen-bond donors (Lipinski definition) is 1. The highest BCUT2D eigenvalue weighted by Gasteiger charge is 2.20. The lowest BCUT2D eigenvalue weighted by atomic mass is 9.95. The van der Waals surface area contributed by atoms with Crippen LogP contribution in [0.15, 0.2) is 18.2 Å². The van der Waals surface area contributed by atoms with Crippen molar-refractivity contribution in [3.8, 4) is 5.75 Å². The van der Waals surface area contributed by atoms with Gasteiger partial charge in [0.2, 0.25) is 0 Å². The molecular formula is C14H21Cl2NO. The number of alkyl halides is 1. The first-order valence-corrected chi connectivity index (χ1v) is 7.09. The molecule has 0 radical (unpaired) electrons. The van der Waals surface area contributed by atoms with Gasteiger partial charge in [0.05, 0.1) is 7.11 Å². The van der Waals surface area contributed by atoms with E-state index in [9.17, 15) is 0 Å². The van der Waals surface area contributed by atoms with Crippen molar-refractivity contribution in [3.05, 3.63) is 28.8 Å². The molecule has 0 bridgehead atoms. The van der Waals surface area contributed by atoms with Crippen molar-refractivity contribution in [3.63, 3.8) is 0 Å². The molecule has 1 aromatic rings. The SMILES string of the molecule is CCC(C)(CCCl)NCc1cc(Cl)ccc1OC. The Bertz CT molecular complexity index is 384. The summed E-state index contributed by atoms with van der Waals surface area (Å²) in [5.74, 6) is 1.51. The Hall–Kier alpha value is -0.440. The summed E-state index contributed by atoms with van der Waals surface area (Å²) >= 11 is 11.9. The van der Waals surface area contributed by atoms with Crippen LogP contribution in [-0.2, 0) is 6.54 Å². The average Bonchev–Trinajstić information content (AvgIpc) is 2.37. The molecule has 0 spiro atoms. The van der Waals surface area contributed by atoms with Gasteiger partial charge in [-0.1, -0.05) is 18.5 Å². The lowest BCUT2D eigenvalue weighted by Crippen LogP contribution is -2.41. The van der Waals surface area contributed by atoms with Crippen LogP contribution in [0.4, 0.5) is 0 Å². The normalized spacial score (nSPS) is 14.3. The van der Waals surface area contributed by atoms with Crippen molar-refractivity contribution < 1.29 is 4.74 Å². The molecule has 4 heteroatoms. The standard InChI is InChI=1S/C14H21Cl2NO/c1-4-14(2,7-8-15)17-10-11-9-12(16)5-6-13(11)18-3/h5-6,9,17H,4,7-8,10H2,1-3H3. The summed E-state index contributed by atoms with van der Waals surface area (Å²) in [6.45, 7) is 5.08. The summed E-state index contributed by atoms with van der Waals surface area (Å²) in [6.07, 6.45) is 1.97. The highest BCUT2D eigenvalue weighted by molar-refractivity contribution is 6.30. The van der Waals surface area contributed by atoms with Crippen LogP contribution in [0.25, 0.3) is 0 Å². The fourth-order valence-electron chi connectivity index (χ4n) is 1.79. The van der Waals surface area contributed by atoms with Crippen LogP contribution in [0.1, 0.15) is 32.3 Å². The predicted molar refractivity (Wildman–Crippen MR) is 78.9 cm³/mol. The van der Waals surface area contributed by atoms with E-state index >= 15 is 0 Å². The Morgan fingerprint density at radius 2 is 2.11 bits per heavy atom. The first-order chi connectivity index (χ1) is 8.54. The Kier molecular flexibility index (Phi) is 6.27. The molecule has 102 valence electrons. The van der Waals surface area contributed by atoms with Crippen molar-refractivity contribution in [1.82, 2.24) is 5.32 Å². The molecule has 1 unspecified atom stereocenters. The van der Waals surface area contributed by atoms with Crippen molar-refractivity contribution in [1.29, 1.82) is 0 Å². The van der Waals surface area contributed by atoms with E-state index < -0.39 is 0 Å². The van der Waals surface area contributed by atoms with E-state index in [4.69, 9.17) is 27.9 Å². The van der Waals surface area contributed by atoms with Gasteiger partial charge in [0.1, 0.15) is 5.75 Å². The zero-order valence-corrected chi connectivity index (χ0v) is 12.7. The molecule has 2 nitrogen and oxygen atoms in total. The van der Waals surface area contributed by atoms with Gasteiger partial charge in [-0.2, -0.15) is 0 Å². The molecule has 0 saturated carbocycles. The van der Waals surface area contributed by atoms with Crippen LogP contribution < -0.4 is 10.1 Å². The van der Waals surface area contributed by atoms with Crippen molar-refractivity contribution in [2.75, 3.05) is 13.0 Å². The number of benzene rings is 1. The minimum absolute atomic E-state index is 0.0507. The van der Waals surface area contributed by atoms with Gasteiger partial charge in [-0.05, 0) is 38.0 Å². The quantitative estimate of drug-likeness (QED) is 0.758. The number of halogens is 2. The minimum Gasteiger partial charge on any atom is -0.496 e.